The van der Waals surface area contributed by atoms with Gasteiger partial charge in [-0.1, -0.05) is 180 Å². The molecule has 0 aromatic heterocycles. The molecule has 0 unspecified atom stereocenters. The van der Waals surface area contributed by atoms with Crippen molar-refractivity contribution in [3.63, 3.8) is 0 Å². The number of benzene rings is 1. The maximum atomic E-state index is 12.8. The van der Waals surface area contributed by atoms with Gasteiger partial charge < -0.3 is 10.8 Å². The van der Waals surface area contributed by atoms with Crippen LogP contribution in [0.25, 0.3) is 0 Å². The van der Waals surface area contributed by atoms with Crippen LogP contribution in [-0.4, -0.2) is 42.3 Å². The Labute approximate surface area is 296 Å². The fourth-order valence-electron chi connectivity index (χ4n) is 7.27. The first kappa shape index (κ1) is 43.8. The number of nitrogens with two attached hydrogens (primary N) is 1. The summed E-state index contributed by atoms with van der Waals surface area (Å²) >= 11 is 0. The zero-order chi connectivity index (χ0) is 35.1. The monoisotopic (exact) mass is 671 g/mol. The summed E-state index contributed by atoms with van der Waals surface area (Å²) in [6, 6.07) is 7.59. The van der Waals surface area contributed by atoms with Crippen molar-refractivity contribution >= 4 is 23.3 Å². The van der Waals surface area contributed by atoms with Gasteiger partial charge in [-0.2, -0.15) is 0 Å². The molecular weight excluding hydrogens is 594 g/mol. The molecule has 0 aliphatic carbocycles. The van der Waals surface area contributed by atoms with Crippen molar-refractivity contribution < 1.29 is 14.7 Å². The number of amidine groups is 1. The van der Waals surface area contributed by atoms with E-state index in [0.717, 1.165) is 44.2 Å². The molecule has 276 valence electrons. The summed E-state index contributed by atoms with van der Waals surface area (Å²) in [5.74, 6) is -2.17. The minimum atomic E-state index is -1.38. The lowest BCUT2D eigenvalue weighted by Crippen LogP contribution is -2.55. The number of para-hydroxylation sites is 1. The largest absolute Gasteiger partial charge is 0.475 e. The van der Waals surface area contributed by atoms with Gasteiger partial charge in [0.05, 0.1) is 18.7 Å². The Kier molecular flexibility index (Phi) is 27.1. The van der Waals surface area contributed by atoms with Crippen molar-refractivity contribution in [3.8, 4) is 0 Å². The number of carboxylic acids is 1. The Hall–Kier alpha value is -2.21. The summed E-state index contributed by atoms with van der Waals surface area (Å²) in [5.41, 5.74) is 7.47. The predicted octanol–water partition coefficient (Wildman–Crippen LogP) is 11.9. The third-order valence-corrected chi connectivity index (χ3v) is 10.3. The predicted molar refractivity (Wildman–Crippen MR) is 207 cm³/mol. The van der Waals surface area contributed by atoms with Crippen molar-refractivity contribution in [2.24, 2.45) is 5.73 Å². The van der Waals surface area contributed by atoms with E-state index >= 15 is 0 Å². The molecule has 48 heavy (non-hydrogen) atoms. The van der Waals surface area contributed by atoms with E-state index in [9.17, 15) is 14.7 Å². The second-order valence-electron chi connectivity index (χ2n) is 14.6. The highest BCUT2D eigenvalue weighted by Gasteiger charge is 2.37. The average Bonchev–Trinajstić information content (AvgIpc) is 3.08. The number of carboxylic acid groups (broad SMARTS) is 1. The Morgan fingerprint density at radius 3 is 1.19 bits per heavy atom. The second-order valence-corrected chi connectivity index (χ2v) is 14.6. The smallest absolute Gasteiger partial charge is 0.378 e. The van der Waals surface area contributed by atoms with E-state index in [1.165, 1.54) is 141 Å². The number of carbonyl (C=O) groups is 2. The SMILES string of the molecule is CCCCCCCCCCCCCCCC[N+](CCCCCCCCCCCCCCCC)(CC(=O)C(=O)O)c1ccccc1C(=N)N. The van der Waals surface area contributed by atoms with Gasteiger partial charge >= 0.3 is 5.97 Å². The zero-order valence-corrected chi connectivity index (χ0v) is 31.5. The number of nitrogen functional groups attached to an aromatic ring is 1. The third kappa shape index (κ3) is 21.0. The highest BCUT2D eigenvalue weighted by Crippen LogP contribution is 2.30. The van der Waals surface area contributed by atoms with Crippen LogP contribution in [0.3, 0.4) is 0 Å². The number of unbranched alkanes of at least 4 members (excludes halogenated alkanes) is 26. The highest BCUT2D eigenvalue weighted by molar-refractivity contribution is 6.33. The number of hydrogen-bond donors (Lipinski definition) is 3. The lowest BCUT2D eigenvalue weighted by molar-refractivity contribution is -0.149. The van der Waals surface area contributed by atoms with Crippen LogP contribution in [0.1, 0.15) is 199 Å². The first-order chi connectivity index (χ1) is 23.4. The molecule has 1 aromatic carbocycles. The summed E-state index contributed by atoms with van der Waals surface area (Å²) in [6.07, 6.45) is 35.8. The standard InChI is InChI=1S/C42H75N3O3/c1-3-5-7-9-11-13-15-17-19-21-23-25-27-31-35-45(37-40(46)42(47)48,39-34-30-29-33-38(39)41(43)44)36-32-28-26-24-22-20-18-16-14-12-10-8-6-4-2/h29-30,33-34H,3-28,31-32,35-37H2,1-2H3,(H3-,43,44,47,48)/p+1. The molecule has 0 bridgehead atoms. The first-order valence-electron chi connectivity index (χ1n) is 20.4. The maximum absolute atomic E-state index is 12.8. The van der Waals surface area contributed by atoms with E-state index in [4.69, 9.17) is 11.1 Å². The summed E-state index contributed by atoms with van der Waals surface area (Å²) in [6.45, 7) is 5.84. The molecule has 0 saturated heterocycles. The Bertz CT molecular complexity index is 931. The number of rotatable bonds is 35. The van der Waals surface area contributed by atoms with Crippen molar-refractivity contribution in [3.05, 3.63) is 29.8 Å². The molecule has 0 fully saturated rings. The lowest BCUT2D eigenvalue weighted by Gasteiger charge is -2.39. The van der Waals surface area contributed by atoms with Crippen LogP contribution in [0.4, 0.5) is 5.69 Å². The van der Waals surface area contributed by atoms with Gasteiger partial charge in [0.2, 0.25) is 0 Å². The Balaban J connectivity index is 2.61. The van der Waals surface area contributed by atoms with E-state index in [-0.39, 0.29) is 16.9 Å². The number of quaternary nitrogens is 1. The molecule has 1 aromatic rings. The van der Waals surface area contributed by atoms with Gasteiger partial charge in [-0.15, -0.1) is 0 Å². The molecule has 6 heteroatoms. The van der Waals surface area contributed by atoms with Crippen LogP contribution in [0.2, 0.25) is 0 Å². The maximum Gasteiger partial charge on any atom is 0.378 e. The summed E-state index contributed by atoms with van der Waals surface area (Å²) in [5, 5.41) is 17.9. The third-order valence-electron chi connectivity index (χ3n) is 10.3. The van der Waals surface area contributed by atoms with Crippen LogP contribution >= 0.6 is 0 Å². The summed E-state index contributed by atoms with van der Waals surface area (Å²) < 4.78 is 0.275. The summed E-state index contributed by atoms with van der Waals surface area (Å²) in [4.78, 5) is 24.6. The summed E-state index contributed by atoms with van der Waals surface area (Å²) in [7, 11) is 0. The Morgan fingerprint density at radius 1 is 0.562 bits per heavy atom. The van der Waals surface area contributed by atoms with Gasteiger partial charge in [0, 0.05) is 0 Å². The van der Waals surface area contributed by atoms with Crippen molar-refractivity contribution in [2.75, 3.05) is 19.6 Å². The molecule has 0 radical (unpaired) electrons. The molecule has 0 atom stereocenters. The van der Waals surface area contributed by atoms with Gasteiger partial charge in [-0.25, -0.2) is 4.79 Å². The van der Waals surface area contributed by atoms with Crippen LogP contribution in [0.5, 0.6) is 0 Å². The molecular formula is C42H76N3O3+. The van der Waals surface area contributed by atoms with Crippen LogP contribution in [0, 0.1) is 5.41 Å². The molecule has 1 rings (SSSR count). The van der Waals surface area contributed by atoms with Crippen molar-refractivity contribution in [1.29, 1.82) is 5.41 Å². The van der Waals surface area contributed by atoms with E-state index in [1.54, 1.807) is 0 Å². The lowest BCUT2D eigenvalue weighted by atomic mass is 10.0. The molecule has 0 aliphatic heterocycles. The second kappa shape index (κ2) is 29.7. The van der Waals surface area contributed by atoms with E-state index in [2.05, 4.69) is 13.8 Å². The zero-order valence-electron chi connectivity index (χ0n) is 31.5. The van der Waals surface area contributed by atoms with Gasteiger partial charge in [0.1, 0.15) is 11.5 Å². The molecule has 0 saturated carbocycles. The first-order valence-corrected chi connectivity index (χ1v) is 20.4. The molecule has 0 heterocycles. The van der Waals surface area contributed by atoms with Crippen molar-refractivity contribution in [1.82, 2.24) is 4.48 Å². The number of ketones is 1. The minimum Gasteiger partial charge on any atom is -0.475 e. The highest BCUT2D eigenvalue weighted by atomic mass is 16.4. The fourth-order valence-corrected chi connectivity index (χ4v) is 7.27. The van der Waals surface area contributed by atoms with Gasteiger partial charge in [0.25, 0.3) is 5.78 Å². The number of Topliss-reactive ketones (excluding diaryl/α,β-unsaturated/α-hetero) is 1. The number of nitrogens with zero attached hydrogens (tertiary/aromatic N) is 1. The topological polar surface area (TPSA) is 104 Å². The van der Waals surface area contributed by atoms with E-state index in [0.29, 0.717) is 18.7 Å². The van der Waals surface area contributed by atoms with Gasteiger partial charge in [-0.3, -0.25) is 14.7 Å². The molecule has 0 amide bonds. The molecule has 0 spiro atoms. The number of hydrogen-bond acceptors (Lipinski definition) is 3. The van der Waals surface area contributed by atoms with Gasteiger partial charge in [-0.05, 0) is 37.8 Å². The van der Waals surface area contributed by atoms with Gasteiger partial charge in [0.15, 0.2) is 6.54 Å². The number of nitrogens with one attached hydrogen (secondary N) is 1. The van der Waals surface area contributed by atoms with Crippen molar-refractivity contribution in [2.45, 2.75) is 194 Å². The van der Waals surface area contributed by atoms with Crippen LogP contribution in [-0.2, 0) is 9.59 Å². The number of aliphatic carboxylic acids is 1. The van der Waals surface area contributed by atoms with Crippen LogP contribution in [0.15, 0.2) is 24.3 Å². The van der Waals surface area contributed by atoms with Crippen LogP contribution < -0.4 is 10.2 Å². The normalized spacial score (nSPS) is 11.6. The quantitative estimate of drug-likeness (QED) is 0.0220. The average molecular weight is 671 g/mol. The number of carbonyl (C=O) groups excluding carboxylic acids is 1. The minimum absolute atomic E-state index is 0.0298. The molecule has 4 N–H and O–H groups in total. The Morgan fingerprint density at radius 2 is 0.875 bits per heavy atom. The fraction of sp³-hybridized carbons (Fsp3) is 0.786. The molecule has 0 aliphatic rings. The van der Waals surface area contributed by atoms with E-state index in [1.807, 2.05) is 24.3 Å². The molecule has 6 nitrogen and oxygen atoms in total. The van der Waals surface area contributed by atoms with E-state index < -0.39 is 11.8 Å².